The van der Waals surface area contributed by atoms with Crippen LogP contribution in [0.3, 0.4) is 0 Å². The molecule has 0 spiro atoms. The maximum absolute atomic E-state index is 11.5. The van der Waals surface area contributed by atoms with E-state index in [0.29, 0.717) is 0 Å². The standard InChI is InChI=1S/C10H21N3O2/c1-6(2)12-10(15)8(4)13-7(3)5-9(11)14/h6-8,13H,5H2,1-4H3,(H2,11,14)(H,12,15). The summed E-state index contributed by atoms with van der Waals surface area (Å²) in [7, 11) is 0. The second-order valence-corrected chi connectivity index (χ2v) is 4.12. The number of nitrogens with one attached hydrogen (secondary N) is 2. The number of primary amides is 1. The molecule has 88 valence electrons. The van der Waals surface area contributed by atoms with E-state index in [9.17, 15) is 9.59 Å². The summed E-state index contributed by atoms with van der Waals surface area (Å²) in [5.41, 5.74) is 5.05. The van der Waals surface area contributed by atoms with E-state index in [1.807, 2.05) is 20.8 Å². The van der Waals surface area contributed by atoms with E-state index in [-0.39, 0.29) is 36.4 Å². The molecule has 2 amide bonds. The summed E-state index contributed by atoms with van der Waals surface area (Å²) in [6.07, 6.45) is 0.235. The van der Waals surface area contributed by atoms with Crippen molar-refractivity contribution in [1.29, 1.82) is 0 Å². The Balaban J connectivity index is 3.95. The molecule has 0 heterocycles. The van der Waals surface area contributed by atoms with Crippen molar-refractivity contribution in [3.63, 3.8) is 0 Å². The van der Waals surface area contributed by atoms with Crippen molar-refractivity contribution in [1.82, 2.24) is 10.6 Å². The number of hydrogen-bond donors (Lipinski definition) is 3. The molecule has 2 atom stereocenters. The smallest absolute Gasteiger partial charge is 0.237 e. The van der Waals surface area contributed by atoms with Gasteiger partial charge >= 0.3 is 0 Å². The fraction of sp³-hybridized carbons (Fsp3) is 0.800. The van der Waals surface area contributed by atoms with Gasteiger partial charge in [-0.2, -0.15) is 0 Å². The minimum Gasteiger partial charge on any atom is -0.370 e. The lowest BCUT2D eigenvalue weighted by Crippen LogP contribution is -2.48. The third-order valence-electron chi connectivity index (χ3n) is 1.87. The van der Waals surface area contributed by atoms with E-state index < -0.39 is 0 Å². The second kappa shape index (κ2) is 6.40. The Kier molecular flexibility index (Phi) is 5.93. The lowest BCUT2D eigenvalue weighted by Gasteiger charge is -2.19. The highest BCUT2D eigenvalue weighted by Gasteiger charge is 2.16. The Labute approximate surface area is 90.8 Å². The van der Waals surface area contributed by atoms with Crippen molar-refractivity contribution in [3.05, 3.63) is 0 Å². The zero-order valence-electron chi connectivity index (χ0n) is 9.83. The summed E-state index contributed by atoms with van der Waals surface area (Å²) in [4.78, 5) is 22.1. The number of carbonyl (C=O) groups excluding carboxylic acids is 2. The number of nitrogens with two attached hydrogens (primary N) is 1. The highest BCUT2D eigenvalue weighted by molar-refractivity contribution is 5.81. The van der Waals surface area contributed by atoms with Crippen LogP contribution in [-0.2, 0) is 9.59 Å². The van der Waals surface area contributed by atoms with Crippen molar-refractivity contribution < 1.29 is 9.59 Å². The van der Waals surface area contributed by atoms with E-state index >= 15 is 0 Å². The maximum atomic E-state index is 11.5. The zero-order chi connectivity index (χ0) is 12.0. The predicted molar refractivity (Wildman–Crippen MR) is 59.1 cm³/mol. The van der Waals surface area contributed by atoms with Crippen LogP contribution in [0.2, 0.25) is 0 Å². The number of carbonyl (C=O) groups is 2. The van der Waals surface area contributed by atoms with Gasteiger partial charge in [0.15, 0.2) is 0 Å². The van der Waals surface area contributed by atoms with E-state index in [0.717, 1.165) is 0 Å². The summed E-state index contributed by atoms with van der Waals surface area (Å²) in [5, 5.41) is 5.79. The topological polar surface area (TPSA) is 84.2 Å². The van der Waals surface area contributed by atoms with Crippen LogP contribution < -0.4 is 16.4 Å². The van der Waals surface area contributed by atoms with Gasteiger partial charge in [0.2, 0.25) is 11.8 Å². The van der Waals surface area contributed by atoms with Gasteiger partial charge in [0.1, 0.15) is 0 Å². The molecule has 4 N–H and O–H groups in total. The molecule has 0 aliphatic heterocycles. The van der Waals surface area contributed by atoms with Gasteiger partial charge in [0.25, 0.3) is 0 Å². The van der Waals surface area contributed by atoms with Crippen LogP contribution in [0, 0.1) is 0 Å². The largest absolute Gasteiger partial charge is 0.370 e. The number of rotatable bonds is 6. The molecule has 5 nitrogen and oxygen atoms in total. The summed E-state index contributed by atoms with van der Waals surface area (Å²) in [5.74, 6) is -0.437. The van der Waals surface area contributed by atoms with Gasteiger partial charge in [0, 0.05) is 18.5 Å². The van der Waals surface area contributed by atoms with Gasteiger partial charge in [-0.15, -0.1) is 0 Å². The van der Waals surface area contributed by atoms with Gasteiger partial charge in [-0.3, -0.25) is 9.59 Å². The summed E-state index contributed by atoms with van der Waals surface area (Å²) in [6.45, 7) is 7.38. The molecule has 5 heteroatoms. The number of amides is 2. The van der Waals surface area contributed by atoms with Crippen molar-refractivity contribution in [2.45, 2.75) is 52.2 Å². The Morgan fingerprint density at radius 3 is 2.13 bits per heavy atom. The fourth-order valence-electron chi connectivity index (χ4n) is 1.27. The Hall–Kier alpha value is -1.10. The zero-order valence-corrected chi connectivity index (χ0v) is 9.83. The first-order chi connectivity index (χ1) is 6.82. The molecule has 0 aromatic heterocycles. The number of hydrogen-bond acceptors (Lipinski definition) is 3. The van der Waals surface area contributed by atoms with Crippen molar-refractivity contribution in [2.75, 3.05) is 0 Å². The predicted octanol–water partition coefficient (Wildman–Crippen LogP) is -0.247. The molecule has 0 aliphatic carbocycles. The average Bonchev–Trinajstić information content (AvgIpc) is 2.00. The first kappa shape index (κ1) is 13.9. The molecule has 0 aromatic carbocycles. The SMILES string of the molecule is CC(C)NC(=O)C(C)NC(C)CC(N)=O. The lowest BCUT2D eigenvalue weighted by molar-refractivity contribution is -0.124. The Bertz CT molecular complexity index is 229. The van der Waals surface area contributed by atoms with Crippen LogP contribution in [0.4, 0.5) is 0 Å². The molecule has 0 saturated carbocycles. The molecule has 0 fully saturated rings. The molecule has 15 heavy (non-hydrogen) atoms. The molecule has 0 aromatic rings. The first-order valence-electron chi connectivity index (χ1n) is 5.17. The maximum Gasteiger partial charge on any atom is 0.237 e. The third-order valence-corrected chi connectivity index (χ3v) is 1.87. The molecule has 2 unspecified atom stereocenters. The summed E-state index contributed by atoms with van der Waals surface area (Å²) in [6, 6.07) is -0.287. The van der Waals surface area contributed by atoms with Crippen LogP contribution in [0.5, 0.6) is 0 Å². The Morgan fingerprint density at radius 1 is 1.20 bits per heavy atom. The van der Waals surface area contributed by atoms with Gasteiger partial charge in [0.05, 0.1) is 6.04 Å². The molecule has 0 aliphatic rings. The molecule has 0 saturated heterocycles. The highest BCUT2D eigenvalue weighted by Crippen LogP contribution is 1.93. The molecular formula is C10H21N3O2. The minimum absolute atomic E-state index is 0.0682. The fourth-order valence-corrected chi connectivity index (χ4v) is 1.27. The first-order valence-corrected chi connectivity index (χ1v) is 5.17. The highest BCUT2D eigenvalue weighted by atomic mass is 16.2. The van der Waals surface area contributed by atoms with Gasteiger partial charge < -0.3 is 16.4 Å². The quantitative estimate of drug-likeness (QED) is 0.571. The van der Waals surface area contributed by atoms with Crippen LogP contribution in [0.25, 0.3) is 0 Å². The summed E-state index contributed by atoms with van der Waals surface area (Å²) >= 11 is 0. The van der Waals surface area contributed by atoms with Crippen LogP contribution in [-0.4, -0.2) is 29.9 Å². The van der Waals surface area contributed by atoms with Crippen LogP contribution >= 0.6 is 0 Å². The van der Waals surface area contributed by atoms with E-state index in [2.05, 4.69) is 10.6 Å². The normalized spacial score (nSPS) is 14.7. The van der Waals surface area contributed by atoms with Crippen molar-refractivity contribution in [3.8, 4) is 0 Å². The lowest BCUT2D eigenvalue weighted by atomic mass is 10.2. The van der Waals surface area contributed by atoms with Crippen molar-refractivity contribution >= 4 is 11.8 Å². The Morgan fingerprint density at radius 2 is 1.73 bits per heavy atom. The molecular weight excluding hydrogens is 194 g/mol. The van der Waals surface area contributed by atoms with Crippen LogP contribution in [0.15, 0.2) is 0 Å². The molecule has 0 bridgehead atoms. The van der Waals surface area contributed by atoms with Gasteiger partial charge in [-0.1, -0.05) is 0 Å². The molecule has 0 radical (unpaired) electrons. The third kappa shape index (κ3) is 6.90. The van der Waals surface area contributed by atoms with Gasteiger partial charge in [-0.05, 0) is 27.7 Å². The molecule has 0 rings (SSSR count). The summed E-state index contributed by atoms with van der Waals surface area (Å²) < 4.78 is 0. The van der Waals surface area contributed by atoms with E-state index in [4.69, 9.17) is 5.73 Å². The van der Waals surface area contributed by atoms with E-state index in [1.54, 1.807) is 6.92 Å². The minimum atomic E-state index is -0.369. The van der Waals surface area contributed by atoms with E-state index in [1.165, 1.54) is 0 Å². The van der Waals surface area contributed by atoms with Crippen LogP contribution in [0.1, 0.15) is 34.1 Å². The van der Waals surface area contributed by atoms with Gasteiger partial charge in [-0.25, -0.2) is 0 Å². The van der Waals surface area contributed by atoms with Crippen molar-refractivity contribution in [2.24, 2.45) is 5.73 Å². The average molecular weight is 215 g/mol. The monoisotopic (exact) mass is 215 g/mol. The second-order valence-electron chi connectivity index (χ2n) is 4.12.